The first kappa shape index (κ1) is 37.7. The first-order chi connectivity index (χ1) is 30.0. The number of para-hydroxylation sites is 2. The maximum Gasteiger partial charge on any atom is 0.136 e. The summed E-state index contributed by atoms with van der Waals surface area (Å²) in [5.41, 5.74) is 8.61. The number of furan rings is 2. The van der Waals surface area contributed by atoms with E-state index in [4.69, 9.17) is 10.2 Å². The second kappa shape index (κ2) is 17.0. The number of hydrogen-bond acceptors (Lipinski definition) is 4. The van der Waals surface area contributed by atoms with Gasteiger partial charge in [-0.25, -0.2) is 0 Å². The Morgan fingerprint density at radius 1 is 0.450 bits per heavy atom. The number of benzene rings is 10. The molecule has 0 aliphatic carbocycles. The van der Waals surface area contributed by atoms with E-state index in [-0.39, 0.29) is 0 Å². The third-order valence-electron chi connectivity index (χ3n) is 11.0. The van der Waals surface area contributed by atoms with Crippen LogP contribution in [0.3, 0.4) is 0 Å². The molecular formula is C53H35BBrFNO2S. The van der Waals surface area contributed by atoms with E-state index in [0.29, 0.717) is 0 Å². The van der Waals surface area contributed by atoms with Gasteiger partial charge in [-0.3, -0.25) is 4.39 Å². The van der Waals surface area contributed by atoms with Crippen molar-refractivity contribution in [2.24, 2.45) is 4.30 Å². The van der Waals surface area contributed by atoms with E-state index >= 15 is 0 Å². The van der Waals surface area contributed by atoms with E-state index in [0.717, 1.165) is 37.6 Å². The van der Waals surface area contributed by atoms with Crippen LogP contribution in [0.2, 0.25) is 0 Å². The Labute approximate surface area is 362 Å². The van der Waals surface area contributed by atoms with Crippen molar-refractivity contribution in [1.82, 2.24) is 0 Å². The fraction of sp³-hybridized carbons (Fsp3) is 0.0189. The van der Waals surface area contributed by atoms with Crippen molar-refractivity contribution in [2.75, 3.05) is 7.15 Å². The molecule has 0 amide bonds. The normalized spacial score (nSPS) is 11.3. The second-order valence-electron chi connectivity index (χ2n) is 14.2. The maximum atomic E-state index is 9.96. The molecular weight excluding hydrogens is 824 g/mol. The third kappa shape index (κ3) is 6.94. The molecule has 0 unspecified atom stereocenters. The van der Waals surface area contributed by atoms with E-state index in [1.807, 2.05) is 24.3 Å². The molecule has 12 aromatic rings. The van der Waals surface area contributed by atoms with Gasteiger partial charge in [0.25, 0.3) is 0 Å². The number of nitrogens with zero attached hydrogens (tertiary/aromatic N) is 1. The number of hydrogen-bond donors (Lipinski definition) is 1. The average Bonchev–Trinajstić information content (AvgIpc) is 3.87. The van der Waals surface area contributed by atoms with Crippen molar-refractivity contribution in [2.45, 2.75) is 0 Å². The summed E-state index contributed by atoms with van der Waals surface area (Å²) in [5.74, 6) is 0. The van der Waals surface area contributed by atoms with Crippen LogP contribution >= 0.6 is 28.7 Å². The molecule has 1 radical (unpaired) electrons. The second-order valence-corrected chi connectivity index (χ2v) is 15.2. The van der Waals surface area contributed by atoms with Crippen molar-refractivity contribution in [1.29, 1.82) is 0 Å². The Morgan fingerprint density at radius 3 is 1.20 bits per heavy atom. The number of alkyl halides is 1. The van der Waals surface area contributed by atoms with Gasteiger partial charge in [-0.15, -0.1) is 0 Å². The molecule has 0 saturated heterocycles. The molecule has 2 aromatic heterocycles. The zero-order chi connectivity index (χ0) is 41.9. The van der Waals surface area contributed by atoms with Gasteiger partial charge < -0.3 is 8.83 Å². The van der Waals surface area contributed by atoms with Crippen LogP contribution < -0.4 is 0 Å². The van der Waals surface area contributed by atoms with Crippen LogP contribution in [0.1, 0.15) is 1.37 Å². The minimum Gasteiger partial charge on any atom is -0.456 e. The van der Waals surface area contributed by atoms with Crippen molar-refractivity contribution in [3.05, 3.63) is 193 Å². The van der Waals surface area contributed by atoms with E-state index < -0.39 is 7.15 Å². The van der Waals surface area contributed by atoms with Crippen LogP contribution in [-0.4, -0.2) is 14.8 Å². The van der Waals surface area contributed by atoms with Gasteiger partial charge >= 0.3 is 24.8 Å². The molecule has 7 heteroatoms. The summed E-state index contributed by atoms with van der Waals surface area (Å²) in [4.78, 5) is 0. The number of rotatable bonds is 2. The minimum absolute atomic E-state index is 0.926. The first-order valence-corrected chi connectivity index (χ1v) is 20.4. The average molecular weight is 861 g/mol. The molecule has 3 nitrogen and oxygen atoms in total. The van der Waals surface area contributed by atoms with Gasteiger partial charge in [0, 0.05) is 26.0 Å². The summed E-state index contributed by atoms with van der Waals surface area (Å²) < 4.78 is 31.6. The SMILES string of the molecule is Brc1c2ccccc2c(-c2ccc3c(c2)oc2ccccc23)c2ccccc12.[2H]CF.[B]=NS.c1ccc2c(-c3ccc4c(c3)oc3ccccc34)c3ccccc3cc2c1. The van der Waals surface area contributed by atoms with Crippen molar-refractivity contribution >= 4 is 123 Å². The molecule has 12 rings (SSSR count). The fourth-order valence-corrected chi connectivity index (χ4v) is 9.17. The van der Waals surface area contributed by atoms with Crippen LogP contribution in [0.15, 0.2) is 206 Å². The molecule has 0 atom stereocenters. The van der Waals surface area contributed by atoms with E-state index in [1.165, 1.54) is 76.1 Å². The Bertz CT molecular complexity index is 3460. The van der Waals surface area contributed by atoms with Gasteiger partial charge in [0.1, 0.15) is 22.3 Å². The Morgan fingerprint density at radius 2 is 0.767 bits per heavy atom. The van der Waals surface area contributed by atoms with Gasteiger partial charge in [0.05, 0.1) is 8.52 Å². The fourth-order valence-electron chi connectivity index (χ4n) is 8.47. The quantitative estimate of drug-likeness (QED) is 0.107. The summed E-state index contributed by atoms with van der Waals surface area (Å²) in [6, 6.07) is 66.2. The monoisotopic (exact) mass is 859 g/mol. The molecule has 0 bridgehead atoms. The largest absolute Gasteiger partial charge is 0.456 e. The summed E-state index contributed by atoms with van der Waals surface area (Å²) in [5, 5.41) is 14.6. The van der Waals surface area contributed by atoms with Crippen LogP contribution in [0.25, 0.3) is 109 Å². The zero-order valence-corrected chi connectivity index (χ0v) is 34.6. The van der Waals surface area contributed by atoms with Gasteiger partial charge in [-0.05, 0) is 124 Å². The predicted molar refractivity (Wildman–Crippen MR) is 260 cm³/mol. The summed E-state index contributed by atoms with van der Waals surface area (Å²) in [7, 11) is 3.34. The summed E-state index contributed by atoms with van der Waals surface area (Å²) in [6.45, 7) is 0. The van der Waals surface area contributed by atoms with Gasteiger partial charge in [-0.2, -0.15) is 0 Å². The molecule has 10 aromatic carbocycles. The van der Waals surface area contributed by atoms with Crippen molar-refractivity contribution in [3.8, 4) is 22.3 Å². The first-order valence-electron chi connectivity index (χ1n) is 20.0. The molecule has 60 heavy (non-hydrogen) atoms. The smallest absolute Gasteiger partial charge is 0.136 e. The van der Waals surface area contributed by atoms with Crippen molar-refractivity contribution < 1.29 is 14.6 Å². The van der Waals surface area contributed by atoms with E-state index in [9.17, 15) is 4.39 Å². The third-order valence-corrected chi connectivity index (χ3v) is 11.8. The molecule has 287 valence electrons. The molecule has 0 spiro atoms. The van der Waals surface area contributed by atoms with Crippen LogP contribution in [0, 0.1) is 0 Å². The Hall–Kier alpha value is -6.54. The van der Waals surface area contributed by atoms with E-state index in [1.54, 1.807) is 0 Å². The number of thiol groups is 1. The minimum atomic E-state index is -1.00. The molecule has 0 N–H and O–H groups in total. The Balaban J connectivity index is 0.000000139. The molecule has 2 heterocycles. The Kier molecular flexibility index (Phi) is 10.7. The standard InChI is InChI=1S/C26H15BrO.C26H16O.CH3F.BHNS/c27-26-21-10-3-1-8-19(21)25(20-9-2-4-11-22(20)26)16-13-14-18-17-7-5-6-12-23(17)28-24(18)15-16;1-3-9-20-17(7-1)15-18-8-2-4-10-21(18)26(20)19-13-14-23-22-11-5-6-12-24(22)27-25(23)16-19;1-2;1-2-3/h1-15H;1-16H;1H3;3H/i;;1D;. The van der Waals surface area contributed by atoms with Crippen LogP contribution in [0.5, 0.6) is 0 Å². The van der Waals surface area contributed by atoms with Crippen molar-refractivity contribution in [3.63, 3.8) is 0 Å². The number of halogens is 2. The molecule has 0 aliphatic rings. The van der Waals surface area contributed by atoms with Gasteiger partial charge in [0.2, 0.25) is 0 Å². The summed E-state index contributed by atoms with van der Waals surface area (Å²) >= 11 is 7.03. The zero-order valence-electron chi connectivity index (χ0n) is 33.1. The van der Waals surface area contributed by atoms with Gasteiger partial charge in [-0.1, -0.05) is 146 Å². The topological polar surface area (TPSA) is 38.6 Å². The molecule has 0 saturated carbocycles. The van der Waals surface area contributed by atoms with Crippen LogP contribution in [0.4, 0.5) is 4.39 Å². The molecule has 0 fully saturated rings. The number of fused-ring (bicyclic) bond motifs is 10. The maximum absolute atomic E-state index is 9.96. The van der Waals surface area contributed by atoms with E-state index in [2.05, 4.69) is 204 Å². The van der Waals surface area contributed by atoms with Gasteiger partial charge in [0.15, 0.2) is 0 Å². The molecule has 0 aliphatic heterocycles. The van der Waals surface area contributed by atoms with Crippen LogP contribution in [-0.2, 0) is 0 Å². The summed E-state index contributed by atoms with van der Waals surface area (Å²) in [6.07, 6.45) is 0. The predicted octanol–water partition coefficient (Wildman–Crippen LogP) is 16.7.